The number of nitrogens with two attached hydrogens (primary N) is 1. The number of carbonyl (C=O) groups is 2. The minimum absolute atomic E-state index is 0.123. The zero-order chi connectivity index (χ0) is 17.6. The number of carbonyl (C=O) groups excluding carboxylic acids is 2. The summed E-state index contributed by atoms with van der Waals surface area (Å²) in [5.74, 6) is -0.476. The Morgan fingerprint density at radius 1 is 1.09 bits per heavy atom. The number of hydrogen-bond donors (Lipinski definition) is 2. The summed E-state index contributed by atoms with van der Waals surface area (Å²) in [4.78, 5) is 21.2. The van der Waals surface area contributed by atoms with Crippen molar-refractivity contribution in [3.05, 3.63) is 24.8 Å². The minimum Gasteiger partial charge on any atom is -0.366 e. The normalized spacial score (nSPS) is 10.2. The summed E-state index contributed by atoms with van der Waals surface area (Å²) in [5, 5.41) is 2.71. The highest BCUT2D eigenvalue weighted by molar-refractivity contribution is 5.91. The third kappa shape index (κ3) is 18.4. The zero-order valence-electron chi connectivity index (χ0n) is 14.8. The first-order valence-corrected chi connectivity index (χ1v) is 8.06. The molecule has 0 atom stereocenters. The van der Waals surface area contributed by atoms with E-state index in [2.05, 4.69) is 25.4 Å². The lowest BCUT2D eigenvalue weighted by molar-refractivity contribution is -0.118. The van der Waals surface area contributed by atoms with Crippen LogP contribution in [-0.4, -0.2) is 17.4 Å². The quantitative estimate of drug-likeness (QED) is 0.501. The molecule has 0 aromatic carbocycles. The number of nitrogens with one attached hydrogen (secondary N) is 1. The largest absolute Gasteiger partial charge is 0.366 e. The maximum Gasteiger partial charge on any atom is 0.244 e. The molecule has 128 valence electrons. The van der Waals surface area contributed by atoms with Gasteiger partial charge in [-0.3, -0.25) is 9.59 Å². The van der Waals surface area contributed by atoms with Crippen LogP contribution in [0.3, 0.4) is 0 Å². The molecule has 2 amide bonds. The molecular weight excluding hydrogens is 276 g/mol. The Balaban J connectivity index is 0. The molecule has 0 heterocycles. The van der Waals surface area contributed by atoms with Gasteiger partial charge < -0.3 is 11.1 Å². The van der Waals surface area contributed by atoms with Crippen LogP contribution in [-0.2, 0) is 9.59 Å². The van der Waals surface area contributed by atoms with Crippen LogP contribution in [0.25, 0.3) is 0 Å². The van der Waals surface area contributed by atoms with Crippen molar-refractivity contribution >= 4 is 11.8 Å². The molecule has 0 radical (unpaired) electrons. The molecule has 0 aliphatic rings. The second kappa shape index (κ2) is 13.1. The SMILES string of the molecule is C=C(CCCCCCCC)C(N)=O.C=CC(=O)NC(C)(C)C. The summed E-state index contributed by atoms with van der Waals surface area (Å²) in [5.41, 5.74) is 5.48. The fourth-order valence-corrected chi connectivity index (χ4v) is 1.66. The van der Waals surface area contributed by atoms with E-state index in [1.165, 1.54) is 38.2 Å². The van der Waals surface area contributed by atoms with Crippen molar-refractivity contribution in [2.24, 2.45) is 5.73 Å². The standard InChI is InChI=1S/C11H21NO.C7H13NO/c1-3-4-5-6-7-8-9-10(2)11(12)13;1-5-6(9)8-7(2,3)4/h2-9H2,1H3,(H2,12,13);5H,1H2,2-4H3,(H,8,9). The maximum absolute atomic E-state index is 10.6. The van der Waals surface area contributed by atoms with Crippen LogP contribution in [0.2, 0.25) is 0 Å². The van der Waals surface area contributed by atoms with Gasteiger partial charge in [0.15, 0.2) is 0 Å². The van der Waals surface area contributed by atoms with Crippen molar-refractivity contribution in [3.63, 3.8) is 0 Å². The van der Waals surface area contributed by atoms with Crippen molar-refractivity contribution in [1.29, 1.82) is 0 Å². The second-order valence-corrected chi connectivity index (χ2v) is 6.43. The van der Waals surface area contributed by atoms with Gasteiger partial charge in [-0.2, -0.15) is 0 Å². The van der Waals surface area contributed by atoms with E-state index < -0.39 is 0 Å². The molecule has 4 heteroatoms. The molecule has 0 aliphatic carbocycles. The maximum atomic E-state index is 10.6. The van der Waals surface area contributed by atoms with Gasteiger partial charge in [0.1, 0.15) is 0 Å². The summed E-state index contributed by atoms with van der Waals surface area (Å²) in [6, 6.07) is 0. The molecule has 0 aromatic rings. The number of primary amides is 1. The van der Waals surface area contributed by atoms with E-state index in [4.69, 9.17) is 5.73 Å². The highest BCUT2D eigenvalue weighted by Crippen LogP contribution is 2.10. The van der Waals surface area contributed by atoms with E-state index in [1.807, 2.05) is 20.8 Å². The molecule has 0 saturated carbocycles. The van der Waals surface area contributed by atoms with E-state index in [9.17, 15) is 9.59 Å². The van der Waals surface area contributed by atoms with Gasteiger partial charge in [-0.1, -0.05) is 52.2 Å². The van der Waals surface area contributed by atoms with Crippen LogP contribution in [0.1, 0.15) is 72.6 Å². The van der Waals surface area contributed by atoms with Crippen molar-refractivity contribution in [3.8, 4) is 0 Å². The highest BCUT2D eigenvalue weighted by atomic mass is 16.1. The second-order valence-electron chi connectivity index (χ2n) is 6.43. The molecular formula is C18H34N2O2. The molecule has 0 spiro atoms. The molecule has 0 unspecified atom stereocenters. The van der Waals surface area contributed by atoms with E-state index in [0.29, 0.717) is 5.57 Å². The monoisotopic (exact) mass is 310 g/mol. The summed E-state index contributed by atoms with van der Waals surface area (Å²) in [6.45, 7) is 14.9. The van der Waals surface area contributed by atoms with Crippen LogP contribution in [0.5, 0.6) is 0 Å². The van der Waals surface area contributed by atoms with Crippen molar-refractivity contribution in [2.45, 2.75) is 78.2 Å². The molecule has 0 aliphatic heterocycles. The van der Waals surface area contributed by atoms with Crippen LogP contribution in [0, 0.1) is 0 Å². The highest BCUT2D eigenvalue weighted by Gasteiger charge is 2.10. The van der Waals surface area contributed by atoms with Gasteiger partial charge in [-0.05, 0) is 39.7 Å². The lowest BCUT2D eigenvalue weighted by Gasteiger charge is -2.18. The predicted molar refractivity (Wildman–Crippen MR) is 94.4 cm³/mol. The minimum atomic E-state index is -0.353. The number of unbranched alkanes of at least 4 members (excludes halogenated alkanes) is 5. The van der Waals surface area contributed by atoms with Crippen molar-refractivity contribution < 1.29 is 9.59 Å². The average Bonchev–Trinajstić information content (AvgIpc) is 2.41. The van der Waals surface area contributed by atoms with Crippen LogP contribution < -0.4 is 11.1 Å². The summed E-state index contributed by atoms with van der Waals surface area (Å²) in [6.07, 6.45) is 9.43. The van der Waals surface area contributed by atoms with Crippen molar-refractivity contribution in [2.75, 3.05) is 0 Å². The van der Waals surface area contributed by atoms with E-state index in [1.54, 1.807) is 0 Å². The third-order valence-electron chi connectivity index (χ3n) is 2.86. The van der Waals surface area contributed by atoms with Gasteiger partial charge in [-0.15, -0.1) is 0 Å². The third-order valence-corrected chi connectivity index (χ3v) is 2.86. The van der Waals surface area contributed by atoms with Crippen LogP contribution in [0.4, 0.5) is 0 Å². The molecule has 0 saturated heterocycles. The lowest BCUT2D eigenvalue weighted by Crippen LogP contribution is -2.39. The Morgan fingerprint density at radius 2 is 1.59 bits per heavy atom. The topological polar surface area (TPSA) is 72.2 Å². The number of hydrogen-bond acceptors (Lipinski definition) is 2. The first-order valence-electron chi connectivity index (χ1n) is 8.06. The van der Waals surface area contributed by atoms with Gasteiger partial charge in [0, 0.05) is 11.1 Å². The van der Waals surface area contributed by atoms with E-state index in [-0.39, 0.29) is 17.4 Å². The van der Waals surface area contributed by atoms with Gasteiger partial charge in [-0.25, -0.2) is 0 Å². The Hall–Kier alpha value is -1.58. The first-order chi connectivity index (χ1) is 10.1. The average molecular weight is 310 g/mol. The van der Waals surface area contributed by atoms with Crippen LogP contribution >= 0.6 is 0 Å². The number of rotatable bonds is 9. The van der Waals surface area contributed by atoms with Crippen molar-refractivity contribution in [1.82, 2.24) is 5.32 Å². The molecule has 0 fully saturated rings. The Kier molecular flexibility index (Phi) is 13.5. The molecule has 22 heavy (non-hydrogen) atoms. The smallest absolute Gasteiger partial charge is 0.244 e. The van der Waals surface area contributed by atoms with Gasteiger partial charge >= 0.3 is 0 Å². The summed E-state index contributed by atoms with van der Waals surface area (Å²) in [7, 11) is 0. The molecule has 3 N–H and O–H groups in total. The number of amides is 2. The molecule has 0 aromatic heterocycles. The van der Waals surface area contributed by atoms with E-state index in [0.717, 1.165) is 12.8 Å². The Bertz CT molecular complexity index is 355. The summed E-state index contributed by atoms with van der Waals surface area (Å²) < 4.78 is 0. The summed E-state index contributed by atoms with van der Waals surface area (Å²) >= 11 is 0. The van der Waals surface area contributed by atoms with Gasteiger partial charge in [0.05, 0.1) is 0 Å². The van der Waals surface area contributed by atoms with E-state index >= 15 is 0 Å². The fourth-order valence-electron chi connectivity index (χ4n) is 1.66. The van der Waals surface area contributed by atoms with Crippen LogP contribution in [0.15, 0.2) is 24.8 Å². The first kappa shape index (κ1) is 22.7. The lowest BCUT2D eigenvalue weighted by atomic mass is 10.1. The Morgan fingerprint density at radius 3 is 1.95 bits per heavy atom. The molecule has 4 nitrogen and oxygen atoms in total. The molecule has 0 rings (SSSR count). The van der Waals surface area contributed by atoms with Gasteiger partial charge in [0.25, 0.3) is 0 Å². The Labute approximate surface area is 136 Å². The predicted octanol–water partition coefficient (Wildman–Crippen LogP) is 3.87. The molecule has 0 bridgehead atoms. The fraction of sp³-hybridized carbons (Fsp3) is 0.667. The zero-order valence-corrected chi connectivity index (χ0v) is 14.8. The van der Waals surface area contributed by atoms with Gasteiger partial charge in [0.2, 0.25) is 11.8 Å².